The number of esters is 2. The predicted octanol–water partition coefficient (Wildman–Crippen LogP) is 5.33. The molecule has 0 aliphatic carbocycles. The predicted molar refractivity (Wildman–Crippen MR) is 112 cm³/mol. The average molecular weight is 388 g/mol. The second kappa shape index (κ2) is 9.69. The Morgan fingerprint density at radius 1 is 0.690 bits per heavy atom. The summed E-state index contributed by atoms with van der Waals surface area (Å²) in [6.45, 7) is 2.01. The van der Waals surface area contributed by atoms with Crippen molar-refractivity contribution in [3.8, 4) is 11.5 Å². The van der Waals surface area contributed by atoms with Gasteiger partial charge in [0.15, 0.2) is 5.41 Å². The Morgan fingerprint density at radius 2 is 1.10 bits per heavy atom. The Bertz CT molecular complexity index is 867. The number of hydrogen-bond donors (Lipinski definition) is 0. The molecule has 148 valence electrons. The molecule has 0 atom stereocenters. The van der Waals surface area contributed by atoms with Crippen molar-refractivity contribution in [3.05, 3.63) is 96.6 Å². The molecule has 0 aliphatic heterocycles. The van der Waals surface area contributed by atoms with Gasteiger partial charge in [-0.05, 0) is 36.2 Å². The summed E-state index contributed by atoms with van der Waals surface area (Å²) < 4.78 is 11.3. The van der Waals surface area contributed by atoms with Crippen LogP contribution in [0.1, 0.15) is 31.7 Å². The van der Waals surface area contributed by atoms with Crippen LogP contribution in [0.15, 0.2) is 91.0 Å². The number of ether oxygens (including phenoxy) is 2. The maximum atomic E-state index is 13.4. The van der Waals surface area contributed by atoms with Crippen LogP contribution in [0, 0.1) is 0 Å². The second-order valence-electron chi connectivity index (χ2n) is 6.78. The first-order chi connectivity index (χ1) is 14.2. The highest BCUT2D eigenvalue weighted by molar-refractivity contribution is 6.07. The number of para-hydroxylation sites is 2. The zero-order valence-corrected chi connectivity index (χ0v) is 16.4. The fourth-order valence-electron chi connectivity index (χ4n) is 3.20. The van der Waals surface area contributed by atoms with Crippen molar-refractivity contribution in [1.29, 1.82) is 0 Å². The monoisotopic (exact) mass is 388 g/mol. The van der Waals surface area contributed by atoms with Gasteiger partial charge in [-0.25, -0.2) is 0 Å². The van der Waals surface area contributed by atoms with E-state index in [2.05, 4.69) is 0 Å². The van der Waals surface area contributed by atoms with Gasteiger partial charge in [-0.1, -0.05) is 86.5 Å². The summed E-state index contributed by atoms with van der Waals surface area (Å²) in [4.78, 5) is 26.9. The third kappa shape index (κ3) is 4.72. The van der Waals surface area contributed by atoms with Crippen LogP contribution in [0.25, 0.3) is 0 Å². The standard InChI is InChI=1S/C25H24O4/c1-2-3-19-25(20-13-7-4-8-14-20,23(26)28-21-15-9-5-10-16-21)24(27)29-22-17-11-6-12-18-22/h4-18H,2-3,19H2,1H3. The van der Waals surface area contributed by atoms with Gasteiger partial charge in [-0.3, -0.25) is 9.59 Å². The minimum absolute atomic E-state index is 0.296. The summed E-state index contributed by atoms with van der Waals surface area (Å²) in [5, 5.41) is 0. The van der Waals surface area contributed by atoms with Gasteiger partial charge < -0.3 is 9.47 Å². The van der Waals surface area contributed by atoms with Gasteiger partial charge in [0.2, 0.25) is 0 Å². The number of carbonyl (C=O) groups is 2. The summed E-state index contributed by atoms with van der Waals surface area (Å²) >= 11 is 0. The second-order valence-corrected chi connectivity index (χ2v) is 6.78. The van der Waals surface area contributed by atoms with Gasteiger partial charge in [0.05, 0.1) is 0 Å². The molecule has 0 heterocycles. The number of carbonyl (C=O) groups excluding carboxylic acids is 2. The molecule has 0 aliphatic rings. The Kier molecular flexibility index (Phi) is 6.80. The van der Waals surface area contributed by atoms with Crippen LogP contribution in [0.4, 0.5) is 0 Å². The van der Waals surface area contributed by atoms with Crippen molar-refractivity contribution in [2.45, 2.75) is 31.6 Å². The molecule has 3 aromatic rings. The Morgan fingerprint density at radius 3 is 1.52 bits per heavy atom. The first-order valence-electron chi connectivity index (χ1n) is 9.77. The normalized spacial score (nSPS) is 10.9. The van der Waals surface area contributed by atoms with E-state index in [1.807, 2.05) is 37.3 Å². The summed E-state index contributed by atoms with van der Waals surface area (Å²) in [7, 11) is 0. The molecule has 3 rings (SSSR count). The van der Waals surface area contributed by atoms with Gasteiger partial charge in [0.25, 0.3) is 0 Å². The van der Waals surface area contributed by atoms with Crippen LogP contribution < -0.4 is 9.47 Å². The third-order valence-corrected chi connectivity index (χ3v) is 4.78. The molecule has 0 saturated carbocycles. The van der Waals surface area contributed by atoms with Crippen LogP contribution in [0.5, 0.6) is 11.5 Å². The van der Waals surface area contributed by atoms with E-state index in [1.54, 1.807) is 60.7 Å². The van der Waals surface area contributed by atoms with Crippen LogP contribution >= 0.6 is 0 Å². The fraction of sp³-hybridized carbons (Fsp3) is 0.200. The molecule has 0 unspecified atom stereocenters. The largest absolute Gasteiger partial charge is 0.425 e. The van der Waals surface area contributed by atoms with Crippen molar-refractivity contribution in [2.24, 2.45) is 0 Å². The number of rotatable bonds is 8. The lowest BCUT2D eigenvalue weighted by Gasteiger charge is -2.29. The van der Waals surface area contributed by atoms with Gasteiger partial charge in [-0.15, -0.1) is 0 Å². The van der Waals surface area contributed by atoms with Crippen LogP contribution in [-0.2, 0) is 15.0 Å². The van der Waals surface area contributed by atoms with E-state index in [0.29, 0.717) is 29.9 Å². The Labute approximate surface area is 171 Å². The van der Waals surface area contributed by atoms with Gasteiger partial charge in [-0.2, -0.15) is 0 Å². The SMILES string of the molecule is CCCCC(C(=O)Oc1ccccc1)(C(=O)Oc1ccccc1)c1ccccc1. The molecule has 3 aromatic carbocycles. The number of hydrogen-bond acceptors (Lipinski definition) is 4. The highest BCUT2D eigenvalue weighted by Crippen LogP contribution is 2.34. The van der Waals surface area contributed by atoms with E-state index >= 15 is 0 Å². The molecule has 0 N–H and O–H groups in total. The molecule has 0 spiro atoms. The minimum atomic E-state index is -1.55. The molecule has 29 heavy (non-hydrogen) atoms. The van der Waals surface area contributed by atoms with Crippen molar-refractivity contribution in [2.75, 3.05) is 0 Å². The van der Waals surface area contributed by atoms with E-state index in [9.17, 15) is 9.59 Å². The Balaban J connectivity index is 2.04. The molecule has 0 amide bonds. The topological polar surface area (TPSA) is 52.6 Å². The van der Waals surface area contributed by atoms with Crippen molar-refractivity contribution in [3.63, 3.8) is 0 Å². The van der Waals surface area contributed by atoms with Gasteiger partial charge in [0, 0.05) is 0 Å². The zero-order chi connectivity index (χ0) is 20.5. The molecule has 0 bridgehead atoms. The van der Waals surface area contributed by atoms with E-state index in [0.717, 1.165) is 6.42 Å². The van der Waals surface area contributed by atoms with E-state index < -0.39 is 17.4 Å². The highest BCUT2D eigenvalue weighted by atomic mass is 16.6. The lowest BCUT2D eigenvalue weighted by molar-refractivity contribution is -0.155. The molecular formula is C25H24O4. The third-order valence-electron chi connectivity index (χ3n) is 4.78. The maximum Gasteiger partial charge on any atom is 0.333 e. The smallest absolute Gasteiger partial charge is 0.333 e. The first kappa shape index (κ1) is 20.3. The van der Waals surface area contributed by atoms with Crippen LogP contribution in [0.3, 0.4) is 0 Å². The molecule has 0 radical (unpaired) electrons. The maximum absolute atomic E-state index is 13.4. The minimum Gasteiger partial charge on any atom is -0.425 e. The molecule has 4 heteroatoms. The van der Waals surface area contributed by atoms with E-state index in [4.69, 9.17) is 9.47 Å². The molecular weight excluding hydrogens is 364 g/mol. The Hall–Kier alpha value is -3.40. The molecule has 0 saturated heterocycles. The lowest BCUT2D eigenvalue weighted by Crippen LogP contribution is -2.48. The molecule has 0 aromatic heterocycles. The molecule has 4 nitrogen and oxygen atoms in total. The highest BCUT2D eigenvalue weighted by Gasteiger charge is 2.50. The summed E-state index contributed by atoms with van der Waals surface area (Å²) in [5.74, 6) is -0.489. The number of unbranched alkanes of at least 4 members (excludes halogenated alkanes) is 1. The average Bonchev–Trinajstić information content (AvgIpc) is 2.76. The summed E-state index contributed by atoms with van der Waals surface area (Å²) in [6, 6.07) is 26.6. The van der Waals surface area contributed by atoms with Crippen LogP contribution in [-0.4, -0.2) is 11.9 Å². The lowest BCUT2D eigenvalue weighted by atomic mass is 9.76. The summed E-state index contributed by atoms with van der Waals surface area (Å²) in [5.41, 5.74) is -0.988. The van der Waals surface area contributed by atoms with E-state index in [-0.39, 0.29) is 0 Å². The van der Waals surface area contributed by atoms with Crippen LogP contribution in [0.2, 0.25) is 0 Å². The van der Waals surface area contributed by atoms with Crippen molar-refractivity contribution < 1.29 is 19.1 Å². The zero-order valence-electron chi connectivity index (χ0n) is 16.4. The van der Waals surface area contributed by atoms with Crippen molar-refractivity contribution >= 4 is 11.9 Å². The summed E-state index contributed by atoms with van der Waals surface area (Å²) in [6.07, 6.45) is 1.79. The van der Waals surface area contributed by atoms with E-state index in [1.165, 1.54) is 0 Å². The van der Waals surface area contributed by atoms with Crippen molar-refractivity contribution in [1.82, 2.24) is 0 Å². The number of benzene rings is 3. The van der Waals surface area contributed by atoms with Gasteiger partial charge >= 0.3 is 11.9 Å². The molecule has 0 fully saturated rings. The van der Waals surface area contributed by atoms with Gasteiger partial charge in [0.1, 0.15) is 11.5 Å². The first-order valence-corrected chi connectivity index (χ1v) is 9.77. The fourth-order valence-corrected chi connectivity index (χ4v) is 3.20. The quantitative estimate of drug-likeness (QED) is 0.297.